The molecule has 1 heterocycles. The Morgan fingerprint density at radius 2 is 1.75 bits per heavy atom. The van der Waals surface area contributed by atoms with E-state index in [1.54, 1.807) is 0 Å². The molecule has 0 amide bonds. The Labute approximate surface area is 190 Å². The van der Waals surface area contributed by atoms with Gasteiger partial charge in [0.1, 0.15) is 18.0 Å². The minimum atomic E-state index is -0.599. The van der Waals surface area contributed by atoms with E-state index in [2.05, 4.69) is 37.3 Å². The molecule has 1 spiro atoms. The Hall–Kier alpha value is -1.92. The fourth-order valence-corrected chi connectivity index (χ4v) is 4.95. The third-order valence-electron chi connectivity index (χ3n) is 7.13. The topological polar surface area (TPSA) is 68.2 Å². The minimum absolute atomic E-state index is 0.460. The second kappa shape index (κ2) is 8.45. The molecule has 0 radical (unpaired) electrons. The highest BCUT2D eigenvalue weighted by Crippen LogP contribution is 2.54. The molecule has 3 aliphatic rings. The molecule has 32 heavy (non-hydrogen) atoms. The first-order valence-corrected chi connectivity index (χ1v) is 11.8. The van der Waals surface area contributed by atoms with Crippen LogP contribution in [-0.4, -0.2) is 47.3 Å². The summed E-state index contributed by atoms with van der Waals surface area (Å²) < 4.78 is 17.8. The van der Waals surface area contributed by atoms with E-state index in [-0.39, 0.29) is 0 Å². The van der Waals surface area contributed by atoms with Crippen LogP contribution in [-0.2, 0) is 21.5 Å². The van der Waals surface area contributed by atoms with Crippen LogP contribution in [0.4, 0.5) is 0 Å². The first-order chi connectivity index (χ1) is 15.4. The van der Waals surface area contributed by atoms with Crippen molar-refractivity contribution < 1.29 is 24.4 Å². The third-order valence-corrected chi connectivity index (χ3v) is 7.13. The number of aliphatic hydroxyl groups is 2. The summed E-state index contributed by atoms with van der Waals surface area (Å²) in [5.74, 6) is 0.865. The van der Waals surface area contributed by atoms with Crippen molar-refractivity contribution in [3.05, 3.63) is 64.7 Å². The van der Waals surface area contributed by atoms with Crippen LogP contribution in [0.3, 0.4) is 0 Å². The van der Waals surface area contributed by atoms with Gasteiger partial charge in [-0.3, -0.25) is 0 Å². The lowest BCUT2D eigenvalue weighted by Crippen LogP contribution is -2.45. The Kier molecular flexibility index (Phi) is 5.79. The quantitative estimate of drug-likeness (QED) is 0.609. The van der Waals surface area contributed by atoms with Gasteiger partial charge >= 0.3 is 0 Å². The molecule has 2 N–H and O–H groups in total. The summed E-state index contributed by atoms with van der Waals surface area (Å²) in [6, 6.07) is 14.7. The van der Waals surface area contributed by atoms with Crippen molar-refractivity contribution in [2.45, 2.75) is 81.9 Å². The van der Waals surface area contributed by atoms with Gasteiger partial charge in [0.2, 0.25) is 0 Å². The van der Waals surface area contributed by atoms with Crippen molar-refractivity contribution in [1.29, 1.82) is 0 Å². The lowest BCUT2D eigenvalue weighted by Gasteiger charge is -2.42. The molecule has 0 aromatic heterocycles. The Morgan fingerprint density at radius 1 is 1.00 bits per heavy atom. The summed E-state index contributed by atoms with van der Waals surface area (Å²) >= 11 is 0. The van der Waals surface area contributed by atoms with Gasteiger partial charge in [-0.1, -0.05) is 30.3 Å². The van der Waals surface area contributed by atoms with E-state index < -0.39 is 23.4 Å². The molecule has 2 aromatic rings. The fourth-order valence-electron chi connectivity index (χ4n) is 4.95. The maximum atomic E-state index is 10.5. The lowest BCUT2D eigenvalue weighted by molar-refractivity contribution is -0.183. The molecule has 2 aliphatic carbocycles. The standard InChI is InChI=1S/C27H34O5/c1-18-3-6-21(26(2)15-22(28)16-27(32-26)17-25(27)29)14-20(18)13-19-4-7-23(8-5-19)30-11-12-31-24-9-10-24/h3-8,14,22,24-25,28-29H,9-13,15-17H2,1-2H3/t22-,25+,26?,27+/m1/s1. The van der Waals surface area contributed by atoms with Gasteiger partial charge in [-0.05, 0) is 67.5 Å². The van der Waals surface area contributed by atoms with Crippen LogP contribution in [0.1, 0.15) is 61.3 Å². The molecule has 5 nitrogen and oxygen atoms in total. The Morgan fingerprint density at radius 3 is 2.44 bits per heavy atom. The summed E-state index contributed by atoms with van der Waals surface area (Å²) in [5, 5.41) is 20.6. The molecule has 5 rings (SSSR count). The van der Waals surface area contributed by atoms with Gasteiger partial charge in [-0.25, -0.2) is 0 Å². The van der Waals surface area contributed by atoms with Crippen molar-refractivity contribution in [2.24, 2.45) is 0 Å². The normalized spacial score (nSPS) is 31.6. The van der Waals surface area contributed by atoms with Gasteiger partial charge in [0, 0.05) is 19.3 Å². The molecule has 172 valence electrons. The lowest BCUT2D eigenvalue weighted by atomic mass is 9.82. The first-order valence-electron chi connectivity index (χ1n) is 11.8. The van der Waals surface area contributed by atoms with Crippen molar-refractivity contribution in [1.82, 2.24) is 0 Å². The number of rotatable bonds is 8. The zero-order chi connectivity index (χ0) is 22.3. The van der Waals surface area contributed by atoms with E-state index in [0.29, 0.717) is 38.6 Å². The molecular weight excluding hydrogens is 404 g/mol. The van der Waals surface area contributed by atoms with Gasteiger partial charge in [0.15, 0.2) is 0 Å². The van der Waals surface area contributed by atoms with E-state index in [1.807, 2.05) is 19.1 Å². The van der Waals surface area contributed by atoms with Crippen molar-refractivity contribution in [3.8, 4) is 5.75 Å². The summed E-state index contributed by atoms with van der Waals surface area (Å²) in [5.41, 5.74) is 3.58. The second-order valence-corrected chi connectivity index (χ2v) is 10.1. The van der Waals surface area contributed by atoms with E-state index in [4.69, 9.17) is 14.2 Å². The number of ether oxygens (including phenoxy) is 3. The summed E-state index contributed by atoms with van der Waals surface area (Å²) in [6.07, 6.45) is 4.39. The largest absolute Gasteiger partial charge is 0.491 e. The molecule has 3 fully saturated rings. The van der Waals surface area contributed by atoms with Gasteiger partial charge in [0.25, 0.3) is 0 Å². The van der Waals surface area contributed by atoms with E-state index in [0.717, 1.165) is 17.7 Å². The van der Waals surface area contributed by atoms with Crippen LogP contribution in [0.2, 0.25) is 0 Å². The zero-order valence-electron chi connectivity index (χ0n) is 19.0. The van der Waals surface area contributed by atoms with Crippen LogP contribution < -0.4 is 4.74 Å². The second-order valence-electron chi connectivity index (χ2n) is 10.1. The van der Waals surface area contributed by atoms with Gasteiger partial charge < -0.3 is 24.4 Å². The molecular formula is C27H34O5. The molecule has 2 aromatic carbocycles. The maximum absolute atomic E-state index is 10.5. The molecule has 4 atom stereocenters. The van der Waals surface area contributed by atoms with Crippen molar-refractivity contribution in [2.75, 3.05) is 13.2 Å². The first kappa shape index (κ1) is 21.9. The number of hydrogen-bond acceptors (Lipinski definition) is 5. The van der Waals surface area contributed by atoms with Crippen LogP contribution >= 0.6 is 0 Å². The highest BCUT2D eigenvalue weighted by molar-refractivity contribution is 5.39. The summed E-state index contributed by atoms with van der Waals surface area (Å²) in [4.78, 5) is 0. The van der Waals surface area contributed by atoms with Gasteiger partial charge in [-0.15, -0.1) is 0 Å². The van der Waals surface area contributed by atoms with Crippen LogP contribution in [0, 0.1) is 6.92 Å². The predicted molar refractivity (Wildman–Crippen MR) is 122 cm³/mol. The van der Waals surface area contributed by atoms with E-state index in [1.165, 1.54) is 29.5 Å². The smallest absolute Gasteiger partial charge is 0.119 e. The van der Waals surface area contributed by atoms with Crippen LogP contribution in [0.15, 0.2) is 42.5 Å². The van der Waals surface area contributed by atoms with Gasteiger partial charge in [0.05, 0.1) is 30.5 Å². The highest BCUT2D eigenvalue weighted by Gasteiger charge is 2.61. The molecule has 5 heteroatoms. The zero-order valence-corrected chi connectivity index (χ0v) is 19.0. The van der Waals surface area contributed by atoms with Crippen molar-refractivity contribution >= 4 is 0 Å². The Bertz CT molecular complexity index is 953. The van der Waals surface area contributed by atoms with E-state index >= 15 is 0 Å². The third kappa shape index (κ3) is 4.72. The minimum Gasteiger partial charge on any atom is -0.491 e. The SMILES string of the molecule is Cc1ccc(C2(C)C[C@@H](O)C[C@@]3(C[C@@H]3O)O2)cc1Cc1ccc(OCCOC2CC2)cc1. The summed E-state index contributed by atoms with van der Waals surface area (Å²) in [6.45, 7) is 5.39. The van der Waals surface area contributed by atoms with Crippen molar-refractivity contribution in [3.63, 3.8) is 0 Å². The predicted octanol–water partition coefficient (Wildman–Crippen LogP) is 4.03. The monoisotopic (exact) mass is 438 g/mol. The number of hydrogen-bond donors (Lipinski definition) is 2. The number of aliphatic hydroxyl groups excluding tert-OH is 2. The van der Waals surface area contributed by atoms with E-state index in [9.17, 15) is 10.2 Å². The molecule has 0 bridgehead atoms. The number of aryl methyl sites for hydroxylation is 1. The molecule has 1 unspecified atom stereocenters. The maximum Gasteiger partial charge on any atom is 0.119 e. The fraction of sp³-hybridized carbons (Fsp3) is 0.556. The average Bonchev–Trinajstić information content (AvgIpc) is 3.67. The molecule has 2 saturated carbocycles. The highest BCUT2D eigenvalue weighted by atomic mass is 16.6. The Balaban J connectivity index is 1.25. The average molecular weight is 439 g/mol. The molecule has 1 saturated heterocycles. The summed E-state index contributed by atoms with van der Waals surface area (Å²) in [7, 11) is 0. The number of benzene rings is 2. The van der Waals surface area contributed by atoms with Gasteiger partial charge in [-0.2, -0.15) is 0 Å². The molecule has 1 aliphatic heterocycles. The van der Waals surface area contributed by atoms with Crippen LogP contribution in [0.5, 0.6) is 5.75 Å². The van der Waals surface area contributed by atoms with Crippen LogP contribution in [0.25, 0.3) is 0 Å².